The van der Waals surface area contributed by atoms with E-state index in [-0.39, 0.29) is 5.69 Å². The van der Waals surface area contributed by atoms with Crippen LogP contribution in [0.4, 0.5) is 18.9 Å². The minimum atomic E-state index is -4.67. The van der Waals surface area contributed by atoms with Crippen molar-refractivity contribution in [1.82, 2.24) is 9.99 Å². The normalized spacial score (nSPS) is 12.2. The molecule has 0 bridgehead atoms. The first kappa shape index (κ1) is 27.6. The number of halogens is 5. The molecule has 0 atom stereocenters. The number of carbonyl (C=O) groups is 1. The van der Waals surface area contributed by atoms with Crippen LogP contribution in [0, 0.1) is 13.8 Å². The largest absolute Gasteiger partial charge is 0.416 e. The van der Waals surface area contributed by atoms with Crippen molar-refractivity contribution in [1.29, 1.82) is 0 Å². The maximum atomic E-state index is 13.0. The van der Waals surface area contributed by atoms with Crippen molar-refractivity contribution in [3.63, 3.8) is 0 Å². The first-order valence-corrected chi connectivity index (χ1v) is 12.9. The second kappa shape index (κ2) is 10.5. The highest BCUT2D eigenvalue weighted by atomic mass is 35.5. The van der Waals surface area contributed by atoms with Gasteiger partial charge in [0, 0.05) is 17.0 Å². The van der Waals surface area contributed by atoms with Gasteiger partial charge < -0.3 is 4.57 Å². The number of aromatic nitrogens is 1. The van der Waals surface area contributed by atoms with Crippen LogP contribution in [0.5, 0.6) is 0 Å². The average Bonchev–Trinajstić information content (AvgIpc) is 3.06. The van der Waals surface area contributed by atoms with Gasteiger partial charge in [0.2, 0.25) is 10.0 Å². The number of nitrogens with one attached hydrogen (secondary N) is 1. The number of hydrazone groups is 1. The molecule has 3 rings (SSSR count). The summed E-state index contributed by atoms with van der Waals surface area (Å²) in [5.41, 5.74) is 3.74. The van der Waals surface area contributed by atoms with E-state index in [1.807, 2.05) is 18.4 Å². The molecule has 0 spiro atoms. The summed E-state index contributed by atoms with van der Waals surface area (Å²) < 4.78 is 66.0. The van der Waals surface area contributed by atoms with Crippen LogP contribution in [0.2, 0.25) is 10.0 Å². The molecule has 7 nitrogen and oxygen atoms in total. The number of aryl methyl sites for hydroxylation is 1. The number of benzene rings is 2. The maximum Gasteiger partial charge on any atom is 0.416 e. The molecule has 1 heterocycles. The zero-order valence-corrected chi connectivity index (χ0v) is 21.6. The van der Waals surface area contributed by atoms with Crippen LogP contribution in [0.3, 0.4) is 0 Å². The highest BCUT2D eigenvalue weighted by Crippen LogP contribution is 2.33. The van der Waals surface area contributed by atoms with Crippen LogP contribution in [0.1, 0.15) is 22.5 Å². The highest BCUT2D eigenvalue weighted by Gasteiger charge is 2.32. The van der Waals surface area contributed by atoms with Gasteiger partial charge >= 0.3 is 6.18 Å². The van der Waals surface area contributed by atoms with E-state index in [0.29, 0.717) is 31.7 Å². The third-order valence-corrected chi connectivity index (χ3v) is 7.13. The van der Waals surface area contributed by atoms with Crippen molar-refractivity contribution in [2.24, 2.45) is 5.10 Å². The molecule has 0 radical (unpaired) electrons. The van der Waals surface area contributed by atoms with Crippen LogP contribution >= 0.6 is 23.2 Å². The molecule has 36 heavy (non-hydrogen) atoms. The van der Waals surface area contributed by atoms with Gasteiger partial charge in [-0.1, -0.05) is 35.3 Å². The average molecular weight is 561 g/mol. The third-order valence-electron chi connectivity index (χ3n) is 5.18. The molecule has 0 aliphatic heterocycles. The number of sulfonamides is 1. The summed E-state index contributed by atoms with van der Waals surface area (Å²) in [6.07, 6.45) is -2.52. The Morgan fingerprint density at radius 1 is 1.14 bits per heavy atom. The Morgan fingerprint density at radius 3 is 2.44 bits per heavy atom. The molecule has 1 aromatic heterocycles. The van der Waals surface area contributed by atoms with Crippen molar-refractivity contribution < 1.29 is 26.4 Å². The van der Waals surface area contributed by atoms with Crippen LogP contribution in [-0.2, 0) is 21.0 Å². The zero-order chi connectivity index (χ0) is 26.8. The Hall–Kier alpha value is -3.02. The molecular weight excluding hydrogens is 540 g/mol. The number of anilines is 1. The molecular formula is C23H21Cl2F3N4O3S. The van der Waals surface area contributed by atoms with E-state index in [9.17, 15) is 26.4 Å². The summed E-state index contributed by atoms with van der Waals surface area (Å²) in [5.74, 6) is -0.846. The third kappa shape index (κ3) is 6.21. The SMILES string of the molecule is Cc1cc(/C=N\NC(=O)CN(c2cccc(C(F)(F)F)c2)S(C)(=O)=O)c(C)n1-c1cccc(Cl)c1Cl. The molecule has 0 aliphatic carbocycles. The number of alkyl halides is 3. The number of nitrogens with zero attached hydrogens (tertiary/aromatic N) is 3. The number of hydrogen-bond acceptors (Lipinski definition) is 4. The Balaban J connectivity index is 1.79. The predicted octanol–water partition coefficient (Wildman–Crippen LogP) is 5.34. The molecule has 1 N–H and O–H groups in total. The molecule has 192 valence electrons. The fraction of sp³-hybridized carbons (Fsp3) is 0.217. The predicted molar refractivity (Wildman–Crippen MR) is 135 cm³/mol. The van der Waals surface area contributed by atoms with E-state index in [4.69, 9.17) is 23.2 Å². The highest BCUT2D eigenvalue weighted by molar-refractivity contribution is 7.92. The molecule has 1 amide bonds. The molecule has 0 unspecified atom stereocenters. The van der Waals surface area contributed by atoms with Crippen LogP contribution in [-0.4, -0.2) is 37.9 Å². The van der Waals surface area contributed by atoms with E-state index < -0.39 is 34.2 Å². The van der Waals surface area contributed by atoms with E-state index >= 15 is 0 Å². The fourth-order valence-corrected chi connectivity index (χ4v) is 4.76. The number of hydrogen-bond donors (Lipinski definition) is 1. The van der Waals surface area contributed by atoms with Crippen molar-refractivity contribution in [2.45, 2.75) is 20.0 Å². The lowest BCUT2D eigenvalue weighted by Gasteiger charge is -2.22. The molecule has 0 fully saturated rings. The summed E-state index contributed by atoms with van der Waals surface area (Å²) >= 11 is 12.5. The van der Waals surface area contributed by atoms with Gasteiger partial charge in [-0.3, -0.25) is 9.10 Å². The van der Waals surface area contributed by atoms with Crippen molar-refractivity contribution in [3.8, 4) is 5.69 Å². The van der Waals surface area contributed by atoms with Gasteiger partial charge in [-0.05, 0) is 50.2 Å². The van der Waals surface area contributed by atoms with Gasteiger partial charge in [-0.2, -0.15) is 18.3 Å². The summed E-state index contributed by atoms with van der Waals surface area (Å²) in [6, 6.07) is 10.7. The van der Waals surface area contributed by atoms with Gasteiger partial charge in [0.15, 0.2) is 0 Å². The lowest BCUT2D eigenvalue weighted by atomic mass is 10.2. The second-order valence-corrected chi connectivity index (χ2v) is 10.5. The van der Waals surface area contributed by atoms with Gasteiger partial charge in [-0.15, -0.1) is 0 Å². The van der Waals surface area contributed by atoms with Gasteiger partial charge in [0.1, 0.15) is 6.54 Å². The zero-order valence-electron chi connectivity index (χ0n) is 19.3. The lowest BCUT2D eigenvalue weighted by Crippen LogP contribution is -2.39. The Morgan fingerprint density at radius 2 is 1.81 bits per heavy atom. The van der Waals surface area contributed by atoms with Crippen LogP contribution < -0.4 is 9.73 Å². The molecule has 0 saturated heterocycles. The van der Waals surface area contributed by atoms with E-state index in [1.165, 1.54) is 12.3 Å². The Bertz CT molecular complexity index is 1440. The van der Waals surface area contributed by atoms with Gasteiger partial charge in [0.05, 0.1) is 39.5 Å². The molecule has 2 aromatic carbocycles. The number of rotatable bonds is 7. The quantitative estimate of drug-likeness (QED) is 0.313. The maximum absolute atomic E-state index is 13.0. The van der Waals surface area contributed by atoms with E-state index in [0.717, 1.165) is 29.8 Å². The second-order valence-electron chi connectivity index (χ2n) is 7.85. The fourth-order valence-electron chi connectivity index (χ4n) is 3.53. The standard InChI is InChI=1S/C23H21Cl2F3N4O3S/c1-14-10-16(15(2)32(14)20-9-5-8-19(24)22(20)25)12-29-30-21(33)13-31(36(3,34)35)18-7-4-6-17(11-18)23(26,27)28/h4-12H,13H2,1-3H3,(H,30,33)/b29-12-. The Labute approximate surface area is 216 Å². The first-order valence-electron chi connectivity index (χ1n) is 10.3. The number of amides is 1. The summed E-state index contributed by atoms with van der Waals surface area (Å²) in [6.45, 7) is 2.89. The summed E-state index contributed by atoms with van der Waals surface area (Å²) in [4.78, 5) is 12.4. The number of carbonyl (C=O) groups excluding carboxylic acids is 1. The molecule has 0 saturated carbocycles. The first-order chi connectivity index (χ1) is 16.7. The summed E-state index contributed by atoms with van der Waals surface area (Å²) in [5, 5.41) is 4.64. The smallest absolute Gasteiger partial charge is 0.316 e. The molecule has 3 aromatic rings. The van der Waals surface area contributed by atoms with Crippen molar-refractivity contribution in [3.05, 3.63) is 81.1 Å². The minimum absolute atomic E-state index is 0.298. The van der Waals surface area contributed by atoms with Crippen molar-refractivity contribution in [2.75, 3.05) is 17.1 Å². The topological polar surface area (TPSA) is 83.8 Å². The lowest BCUT2D eigenvalue weighted by molar-refractivity contribution is -0.137. The monoisotopic (exact) mass is 560 g/mol. The van der Waals surface area contributed by atoms with Gasteiger partial charge in [0.25, 0.3) is 5.91 Å². The molecule has 0 aliphatic rings. The Kier molecular flexibility index (Phi) is 8.07. The van der Waals surface area contributed by atoms with E-state index in [2.05, 4.69) is 10.5 Å². The summed E-state index contributed by atoms with van der Waals surface area (Å²) in [7, 11) is -4.07. The van der Waals surface area contributed by atoms with Crippen LogP contribution in [0.25, 0.3) is 5.69 Å². The van der Waals surface area contributed by atoms with E-state index in [1.54, 1.807) is 24.3 Å². The van der Waals surface area contributed by atoms with Crippen molar-refractivity contribution >= 4 is 51.0 Å². The minimum Gasteiger partial charge on any atom is -0.316 e. The van der Waals surface area contributed by atoms with Gasteiger partial charge in [-0.25, -0.2) is 13.8 Å². The van der Waals surface area contributed by atoms with Crippen LogP contribution in [0.15, 0.2) is 53.6 Å². The molecule has 13 heteroatoms.